The molecule has 4 heterocycles. The van der Waals surface area contributed by atoms with Gasteiger partial charge in [-0.15, -0.1) is 0 Å². The highest BCUT2D eigenvalue weighted by Gasteiger charge is 2.20. The quantitative estimate of drug-likeness (QED) is 0.728. The molecule has 0 bridgehead atoms. The van der Waals surface area contributed by atoms with E-state index in [0.29, 0.717) is 5.82 Å². The van der Waals surface area contributed by atoms with Gasteiger partial charge in [0.15, 0.2) is 5.82 Å². The van der Waals surface area contributed by atoms with Gasteiger partial charge >= 0.3 is 0 Å². The van der Waals surface area contributed by atoms with Gasteiger partial charge < -0.3 is 0 Å². The molecule has 0 saturated carbocycles. The molecule has 0 unspecified atom stereocenters. The lowest BCUT2D eigenvalue weighted by Gasteiger charge is -2.27. The third-order valence-electron chi connectivity index (χ3n) is 4.34. The van der Waals surface area contributed by atoms with Crippen LogP contribution in [0.1, 0.15) is 22.5 Å². The zero-order valence-corrected chi connectivity index (χ0v) is 13.8. The first-order chi connectivity index (χ1) is 11.7. The first kappa shape index (κ1) is 14.9. The molecule has 0 aromatic carbocycles. The van der Waals surface area contributed by atoms with Crippen LogP contribution < -0.4 is 0 Å². The van der Waals surface area contributed by atoms with Gasteiger partial charge in [-0.3, -0.25) is 9.58 Å². The van der Waals surface area contributed by atoms with Crippen LogP contribution in [0.3, 0.4) is 0 Å². The molecule has 0 aliphatic carbocycles. The third-order valence-corrected chi connectivity index (χ3v) is 4.34. The van der Waals surface area contributed by atoms with Crippen LogP contribution in [0, 0.1) is 6.92 Å². The van der Waals surface area contributed by atoms with E-state index in [-0.39, 0.29) is 0 Å². The number of rotatable bonds is 3. The second kappa shape index (κ2) is 6.09. The van der Waals surface area contributed by atoms with Gasteiger partial charge in [-0.1, -0.05) is 0 Å². The summed E-state index contributed by atoms with van der Waals surface area (Å²) in [7, 11) is 1.96. The van der Waals surface area contributed by atoms with E-state index in [0.717, 1.165) is 43.0 Å². The SMILES string of the molecule is Cc1nn(C)cc1CN1CCc2nc(-c3cncnc3)ncc2C1. The maximum Gasteiger partial charge on any atom is 0.162 e. The smallest absolute Gasteiger partial charge is 0.162 e. The molecule has 0 radical (unpaired) electrons. The number of aryl methyl sites for hydroxylation is 2. The fourth-order valence-electron chi connectivity index (χ4n) is 3.11. The minimum absolute atomic E-state index is 0.700. The molecule has 0 fully saturated rings. The molecule has 1 aliphatic rings. The Morgan fingerprint density at radius 3 is 2.75 bits per heavy atom. The van der Waals surface area contributed by atoms with Crippen LogP contribution in [-0.4, -0.2) is 41.2 Å². The predicted octanol–water partition coefficient (Wildman–Crippen LogP) is 1.53. The van der Waals surface area contributed by atoms with Crippen LogP contribution in [0.5, 0.6) is 0 Å². The van der Waals surface area contributed by atoms with Gasteiger partial charge in [-0.25, -0.2) is 19.9 Å². The van der Waals surface area contributed by atoms with Gasteiger partial charge in [0.2, 0.25) is 0 Å². The standard InChI is InChI=1S/C17H19N7/c1-12-15(8-23(2)22-12)10-24-4-3-16-14(9-24)7-20-17(21-16)13-5-18-11-19-6-13/h5-8,11H,3-4,9-10H2,1-2H3. The van der Waals surface area contributed by atoms with E-state index in [2.05, 4.69) is 38.1 Å². The summed E-state index contributed by atoms with van der Waals surface area (Å²) in [5.74, 6) is 0.700. The van der Waals surface area contributed by atoms with Gasteiger partial charge in [0.1, 0.15) is 6.33 Å². The van der Waals surface area contributed by atoms with Gasteiger partial charge in [-0.05, 0) is 6.92 Å². The summed E-state index contributed by atoms with van der Waals surface area (Å²) in [6, 6.07) is 0. The summed E-state index contributed by atoms with van der Waals surface area (Å²) < 4.78 is 1.87. The first-order valence-corrected chi connectivity index (χ1v) is 8.00. The van der Waals surface area contributed by atoms with Crippen molar-refractivity contribution in [1.82, 2.24) is 34.6 Å². The second-order valence-corrected chi connectivity index (χ2v) is 6.17. The fourth-order valence-corrected chi connectivity index (χ4v) is 3.11. The van der Waals surface area contributed by atoms with E-state index in [1.165, 1.54) is 17.5 Å². The van der Waals surface area contributed by atoms with E-state index in [1.807, 2.05) is 17.9 Å². The van der Waals surface area contributed by atoms with E-state index >= 15 is 0 Å². The van der Waals surface area contributed by atoms with E-state index in [1.54, 1.807) is 12.4 Å². The predicted molar refractivity (Wildman–Crippen MR) is 88.8 cm³/mol. The van der Waals surface area contributed by atoms with E-state index in [9.17, 15) is 0 Å². The summed E-state index contributed by atoms with van der Waals surface area (Å²) in [5.41, 5.74) is 5.55. The zero-order valence-electron chi connectivity index (χ0n) is 13.8. The summed E-state index contributed by atoms with van der Waals surface area (Å²) in [6.07, 6.45) is 9.97. The lowest BCUT2D eigenvalue weighted by Crippen LogP contribution is -2.31. The molecule has 1 aliphatic heterocycles. The Balaban J connectivity index is 1.53. The highest BCUT2D eigenvalue weighted by atomic mass is 15.3. The van der Waals surface area contributed by atoms with Crippen molar-refractivity contribution in [2.24, 2.45) is 7.05 Å². The molecule has 0 atom stereocenters. The number of fused-ring (bicyclic) bond motifs is 1. The highest BCUT2D eigenvalue weighted by molar-refractivity contribution is 5.52. The maximum absolute atomic E-state index is 4.71. The molecule has 3 aromatic rings. The van der Waals surface area contributed by atoms with Crippen LogP contribution in [0.15, 0.2) is 31.1 Å². The van der Waals surface area contributed by atoms with Crippen molar-refractivity contribution in [3.63, 3.8) is 0 Å². The topological polar surface area (TPSA) is 72.6 Å². The molecule has 7 nitrogen and oxygen atoms in total. The third kappa shape index (κ3) is 2.90. The molecule has 0 N–H and O–H groups in total. The maximum atomic E-state index is 4.71. The number of aromatic nitrogens is 6. The molecular formula is C17H19N7. The molecule has 0 spiro atoms. The molecule has 122 valence electrons. The Bertz CT molecular complexity index is 857. The van der Waals surface area contributed by atoms with Crippen LogP contribution in [-0.2, 0) is 26.6 Å². The summed E-state index contributed by atoms with van der Waals surface area (Å²) in [5, 5.41) is 4.42. The minimum Gasteiger partial charge on any atom is -0.294 e. The van der Waals surface area contributed by atoms with Gasteiger partial charge in [0, 0.05) is 69.0 Å². The average molecular weight is 321 g/mol. The van der Waals surface area contributed by atoms with Crippen molar-refractivity contribution >= 4 is 0 Å². The molecule has 24 heavy (non-hydrogen) atoms. The molecule has 7 heteroatoms. The molecule has 3 aromatic heterocycles. The van der Waals surface area contributed by atoms with Crippen molar-refractivity contribution in [2.45, 2.75) is 26.4 Å². The lowest BCUT2D eigenvalue weighted by molar-refractivity contribution is 0.242. The zero-order chi connectivity index (χ0) is 16.5. The molecular weight excluding hydrogens is 302 g/mol. The minimum atomic E-state index is 0.700. The van der Waals surface area contributed by atoms with Crippen molar-refractivity contribution in [3.8, 4) is 11.4 Å². The van der Waals surface area contributed by atoms with Gasteiger partial charge in [0.25, 0.3) is 0 Å². The summed E-state index contributed by atoms with van der Waals surface area (Å²) >= 11 is 0. The Morgan fingerprint density at radius 2 is 2.00 bits per heavy atom. The second-order valence-electron chi connectivity index (χ2n) is 6.17. The Kier molecular flexibility index (Phi) is 3.78. The Morgan fingerprint density at radius 1 is 1.17 bits per heavy atom. The Hall–Kier alpha value is -2.67. The highest BCUT2D eigenvalue weighted by Crippen LogP contribution is 2.22. The van der Waals surface area contributed by atoms with Crippen LogP contribution in [0.4, 0.5) is 0 Å². The monoisotopic (exact) mass is 321 g/mol. The number of hydrogen-bond donors (Lipinski definition) is 0. The molecule has 4 rings (SSSR count). The van der Waals surface area contributed by atoms with Crippen LogP contribution in [0.2, 0.25) is 0 Å². The van der Waals surface area contributed by atoms with E-state index in [4.69, 9.17) is 4.98 Å². The lowest BCUT2D eigenvalue weighted by atomic mass is 10.1. The van der Waals surface area contributed by atoms with Crippen LogP contribution >= 0.6 is 0 Å². The molecule has 0 saturated heterocycles. The first-order valence-electron chi connectivity index (χ1n) is 8.00. The van der Waals surface area contributed by atoms with Crippen molar-refractivity contribution in [3.05, 3.63) is 53.6 Å². The number of nitrogens with zero attached hydrogens (tertiary/aromatic N) is 7. The fraction of sp³-hybridized carbons (Fsp3) is 0.353. The molecule has 0 amide bonds. The van der Waals surface area contributed by atoms with Crippen molar-refractivity contribution in [2.75, 3.05) is 6.54 Å². The van der Waals surface area contributed by atoms with E-state index < -0.39 is 0 Å². The average Bonchev–Trinajstić information content (AvgIpc) is 2.92. The van der Waals surface area contributed by atoms with Gasteiger partial charge in [0.05, 0.1) is 17.0 Å². The largest absolute Gasteiger partial charge is 0.294 e. The van der Waals surface area contributed by atoms with Crippen molar-refractivity contribution in [1.29, 1.82) is 0 Å². The van der Waals surface area contributed by atoms with Crippen LogP contribution in [0.25, 0.3) is 11.4 Å². The van der Waals surface area contributed by atoms with Crippen molar-refractivity contribution < 1.29 is 0 Å². The Labute approximate surface area is 140 Å². The van der Waals surface area contributed by atoms with Gasteiger partial charge in [-0.2, -0.15) is 5.10 Å². The number of hydrogen-bond acceptors (Lipinski definition) is 6. The normalized spacial score (nSPS) is 14.6. The summed E-state index contributed by atoms with van der Waals surface area (Å²) in [4.78, 5) is 19.7. The summed E-state index contributed by atoms with van der Waals surface area (Å²) in [6.45, 7) is 4.83.